The first kappa shape index (κ1) is 23.6. The number of benzene rings is 2. The van der Waals surface area contributed by atoms with E-state index >= 15 is 0 Å². The molecule has 32 heavy (non-hydrogen) atoms. The fourth-order valence-corrected chi connectivity index (χ4v) is 4.16. The predicted molar refractivity (Wildman–Crippen MR) is 115 cm³/mol. The van der Waals surface area contributed by atoms with E-state index in [4.69, 9.17) is 9.84 Å². The molecule has 0 bridgehead atoms. The van der Waals surface area contributed by atoms with Gasteiger partial charge in [-0.15, -0.1) is 0 Å². The number of fused-ring (bicyclic) bond motifs is 1. The van der Waals surface area contributed by atoms with Crippen LogP contribution in [-0.2, 0) is 21.4 Å². The van der Waals surface area contributed by atoms with Crippen LogP contribution in [0.15, 0.2) is 30.3 Å². The molecule has 0 unspecified atom stereocenters. The normalized spacial score (nSPS) is 15.5. The average molecular weight is 449 g/mol. The summed E-state index contributed by atoms with van der Waals surface area (Å²) in [6, 6.07) is 8.11. The number of nitrogens with zero attached hydrogens (tertiary/aromatic N) is 1. The third kappa shape index (κ3) is 4.89. The van der Waals surface area contributed by atoms with Crippen LogP contribution in [0.2, 0.25) is 0 Å². The average Bonchev–Trinajstić information content (AvgIpc) is 2.66. The second kappa shape index (κ2) is 8.48. The van der Waals surface area contributed by atoms with E-state index in [-0.39, 0.29) is 23.5 Å². The summed E-state index contributed by atoms with van der Waals surface area (Å²) in [7, 11) is 0. The van der Waals surface area contributed by atoms with Crippen molar-refractivity contribution >= 4 is 17.6 Å². The van der Waals surface area contributed by atoms with E-state index in [0.717, 1.165) is 11.1 Å². The van der Waals surface area contributed by atoms with Crippen molar-refractivity contribution < 1.29 is 32.6 Å². The number of ether oxygens (including phenoxy) is 1. The van der Waals surface area contributed by atoms with Gasteiger partial charge in [0.05, 0.1) is 6.42 Å². The van der Waals surface area contributed by atoms with Gasteiger partial charge in [-0.1, -0.05) is 26.0 Å². The summed E-state index contributed by atoms with van der Waals surface area (Å²) in [5, 5.41) is 9.15. The Hall–Kier alpha value is -3.03. The quantitative estimate of drug-likeness (QED) is 0.653. The van der Waals surface area contributed by atoms with E-state index in [1.165, 1.54) is 12.1 Å². The molecule has 1 amide bonds. The highest BCUT2D eigenvalue weighted by atomic mass is 19.4. The van der Waals surface area contributed by atoms with Crippen LogP contribution < -0.4 is 9.64 Å². The maximum Gasteiger partial charge on any atom is 0.422 e. The molecule has 172 valence electrons. The highest BCUT2D eigenvalue weighted by molar-refractivity contribution is 5.99. The third-order valence-corrected chi connectivity index (χ3v) is 5.65. The van der Waals surface area contributed by atoms with E-state index in [1.54, 1.807) is 17.0 Å². The Labute approximate surface area is 184 Å². The summed E-state index contributed by atoms with van der Waals surface area (Å²) in [6.07, 6.45) is -4.43. The van der Waals surface area contributed by atoms with Gasteiger partial charge < -0.3 is 14.7 Å². The van der Waals surface area contributed by atoms with Crippen molar-refractivity contribution in [2.45, 2.75) is 52.1 Å². The number of carboxylic acid groups (broad SMARTS) is 1. The molecule has 3 rings (SSSR count). The predicted octanol–water partition coefficient (Wildman–Crippen LogP) is 5.26. The Bertz CT molecular complexity index is 1060. The first-order chi connectivity index (χ1) is 14.8. The van der Waals surface area contributed by atoms with Gasteiger partial charge in [-0.2, -0.15) is 13.2 Å². The standard InChI is InChI=1S/C24H26F3NO4/c1-5-28-19-11-16(14(2)8-18(19)23(3,4)12-21(28)29)17-9-15(10-22(30)31)6-7-20(17)32-13-24(25,26)27/h6-9,11H,5,10,12-13H2,1-4H3,(H,30,31). The maximum absolute atomic E-state index is 12.8. The zero-order valence-corrected chi connectivity index (χ0v) is 18.5. The van der Waals surface area contributed by atoms with Crippen molar-refractivity contribution in [1.82, 2.24) is 0 Å². The van der Waals surface area contributed by atoms with Gasteiger partial charge in [0.25, 0.3) is 0 Å². The van der Waals surface area contributed by atoms with Crippen LogP contribution in [0.25, 0.3) is 11.1 Å². The van der Waals surface area contributed by atoms with E-state index in [9.17, 15) is 22.8 Å². The lowest BCUT2D eigenvalue weighted by Crippen LogP contribution is -2.41. The number of amides is 1. The Morgan fingerprint density at radius 1 is 1.19 bits per heavy atom. The number of carbonyl (C=O) groups excluding carboxylic acids is 1. The summed E-state index contributed by atoms with van der Waals surface area (Å²) >= 11 is 0. The molecule has 1 N–H and O–H groups in total. The van der Waals surface area contributed by atoms with Gasteiger partial charge in [0.1, 0.15) is 5.75 Å². The molecule has 1 aliphatic heterocycles. The molecular weight excluding hydrogens is 423 g/mol. The number of anilines is 1. The molecular formula is C24H26F3NO4. The van der Waals surface area contributed by atoms with Gasteiger partial charge in [0.2, 0.25) is 5.91 Å². The van der Waals surface area contributed by atoms with Crippen LogP contribution in [0.3, 0.4) is 0 Å². The van der Waals surface area contributed by atoms with E-state index in [1.807, 2.05) is 33.8 Å². The molecule has 0 radical (unpaired) electrons. The third-order valence-electron chi connectivity index (χ3n) is 5.65. The van der Waals surface area contributed by atoms with Gasteiger partial charge in [0, 0.05) is 29.6 Å². The minimum Gasteiger partial charge on any atom is -0.483 e. The van der Waals surface area contributed by atoms with Crippen LogP contribution >= 0.6 is 0 Å². The largest absolute Gasteiger partial charge is 0.483 e. The van der Waals surface area contributed by atoms with Crippen LogP contribution in [0.4, 0.5) is 18.9 Å². The summed E-state index contributed by atoms with van der Waals surface area (Å²) < 4.78 is 43.5. The Balaban J connectivity index is 2.20. The van der Waals surface area contributed by atoms with Gasteiger partial charge >= 0.3 is 12.1 Å². The highest BCUT2D eigenvalue weighted by Gasteiger charge is 2.37. The minimum atomic E-state index is -4.52. The zero-order chi connectivity index (χ0) is 23.8. The molecule has 5 nitrogen and oxygen atoms in total. The van der Waals surface area contributed by atoms with E-state index < -0.39 is 18.8 Å². The van der Waals surface area contributed by atoms with Crippen molar-refractivity contribution in [3.63, 3.8) is 0 Å². The summed E-state index contributed by atoms with van der Waals surface area (Å²) in [4.78, 5) is 25.6. The Morgan fingerprint density at radius 2 is 1.88 bits per heavy atom. The molecule has 8 heteroatoms. The molecule has 0 fully saturated rings. The molecule has 1 aliphatic rings. The molecule has 0 aromatic heterocycles. The highest BCUT2D eigenvalue weighted by Crippen LogP contribution is 2.45. The number of rotatable bonds is 6. The summed E-state index contributed by atoms with van der Waals surface area (Å²) in [5.41, 5.74) is 3.50. The number of aliphatic carboxylic acids is 1. The van der Waals surface area contributed by atoms with Crippen LogP contribution in [0.1, 0.15) is 43.9 Å². The van der Waals surface area contributed by atoms with Crippen molar-refractivity contribution in [2.75, 3.05) is 18.1 Å². The fraction of sp³-hybridized carbons (Fsp3) is 0.417. The monoisotopic (exact) mass is 449 g/mol. The smallest absolute Gasteiger partial charge is 0.422 e. The van der Waals surface area contributed by atoms with Gasteiger partial charge in [-0.3, -0.25) is 9.59 Å². The van der Waals surface area contributed by atoms with Gasteiger partial charge in [-0.25, -0.2) is 0 Å². The van der Waals surface area contributed by atoms with Crippen LogP contribution in [0, 0.1) is 6.92 Å². The molecule has 2 aromatic rings. The molecule has 2 aromatic carbocycles. The van der Waals surface area contributed by atoms with Gasteiger partial charge in [-0.05, 0) is 54.3 Å². The Kier molecular flexibility index (Phi) is 6.26. The first-order valence-corrected chi connectivity index (χ1v) is 10.3. The molecule has 0 atom stereocenters. The number of halogens is 3. The van der Waals surface area contributed by atoms with Crippen molar-refractivity contribution in [2.24, 2.45) is 0 Å². The lowest BCUT2D eigenvalue weighted by molar-refractivity contribution is -0.153. The van der Waals surface area contributed by atoms with Gasteiger partial charge in [0.15, 0.2) is 6.61 Å². The number of hydrogen-bond acceptors (Lipinski definition) is 3. The molecule has 0 spiro atoms. The van der Waals surface area contributed by atoms with Crippen molar-refractivity contribution in [3.8, 4) is 16.9 Å². The fourth-order valence-electron chi connectivity index (χ4n) is 4.16. The second-order valence-electron chi connectivity index (χ2n) is 8.69. The first-order valence-electron chi connectivity index (χ1n) is 10.3. The topological polar surface area (TPSA) is 66.8 Å². The van der Waals surface area contributed by atoms with E-state index in [0.29, 0.717) is 35.3 Å². The Morgan fingerprint density at radius 3 is 2.47 bits per heavy atom. The number of aryl methyl sites for hydroxylation is 1. The SMILES string of the molecule is CCN1C(=O)CC(C)(C)c2cc(C)c(-c3cc(CC(=O)O)ccc3OCC(F)(F)F)cc21. The summed E-state index contributed by atoms with van der Waals surface area (Å²) in [5.74, 6) is -1.07. The summed E-state index contributed by atoms with van der Waals surface area (Å²) in [6.45, 7) is 6.68. The lowest BCUT2D eigenvalue weighted by Gasteiger charge is -2.39. The second-order valence-corrected chi connectivity index (χ2v) is 8.69. The zero-order valence-electron chi connectivity index (χ0n) is 18.5. The van der Waals surface area contributed by atoms with E-state index in [2.05, 4.69) is 0 Å². The number of hydrogen-bond donors (Lipinski definition) is 1. The molecule has 0 saturated carbocycles. The molecule has 1 heterocycles. The molecule has 0 saturated heterocycles. The lowest BCUT2D eigenvalue weighted by atomic mass is 9.75. The minimum absolute atomic E-state index is 0.00367. The van der Waals surface area contributed by atoms with Crippen LogP contribution in [-0.4, -0.2) is 36.3 Å². The van der Waals surface area contributed by atoms with Crippen molar-refractivity contribution in [1.29, 1.82) is 0 Å². The maximum atomic E-state index is 12.8. The van der Waals surface area contributed by atoms with Crippen molar-refractivity contribution in [3.05, 3.63) is 47.0 Å². The number of alkyl halides is 3. The molecule has 0 aliphatic carbocycles. The number of carbonyl (C=O) groups is 2. The number of carboxylic acids is 1. The van der Waals surface area contributed by atoms with Crippen LogP contribution in [0.5, 0.6) is 5.75 Å².